The molecule has 1 fully saturated rings. The molecule has 0 radical (unpaired) electrons. The Hall–Kier alpha value is -2.78. The number of nitrogens with zero attached hydrogens (tertiary/aromatic N) is 4. The first-order chi connectivity index (χ1) is 16.2. The standard InChI is InChI=1S/C26H23FIN5/c27-24-2-1-18(25-12-28-25)10-23(24)26-11-17(3-8-31-26)19-9-20(14-30-13-19)21-15-32-33(16-21)22-4-6-29-7-5-22/h1-3,8-11,13-16,22,29H,4-7,12H2. The van der Waals surface area contributed by atoms with Gasteiger partial charge in [0.05, 0.1) is 17.9 Å². The van der Waals surface area contributed by atoms with Crippen LogP contribution in [0.25, 0.3) is 33.5 Å². The van der Waals surface area contributed by atoms with Gasteiger partial charge in [0, 0.05) is 51.5 Å². The van der Waals surface area contributed by atoms with Crippen LogP contribution in [-0.4, -0.2) is 40.8 Å². The first kappa shape index (κ1) is 20.8. The van der Waals surface area contributed by atoms with E-state index in [0.29, 0.717) is 17.3 Å². The van der Waals surface area contributed by atoms with Crippen molar-refractivity contribution in [2.24, 2.45) is 0 Å². The van der Waals surface area contributed by atoms with Crippen molar-refractivity contribution in [3.8, 4) is 33.5 Å². The van der Waals surface area contributed by atoms with Crippen LogP contribution < -0.4 is 5.32 Å². The Morgan fingerprint density at radius 3 is 2.55 bits per heavy atom. The minimum atomic E-state index is -0.236. The van der Waals surface area contributed by atoms with Crippen molar-refractivity contribution in [3.05, 3.63) is 78.8 Å². The number of piperidine rings is 1. The van der Waals surface area contributed by atoms with Gasteiger partial charge < -0.3 is 5.32 Å². The van der Waals surface area contributed by atoms with Crippen molar-refractivity contribution in [2.45, 2.75) is 18.9 Å². The lowest BCUT2D eigenvalue weighted by molar-refractivity contribution is 0.343. The topological polar surface area (TPSA) is 55.6 Å². The molecule has 5 nitrogen and oxygen atoms in total. The van der Waals surface area contributed by atoms with Crippen LogP contribution in [0.3, 0.4) is 0 Å². The van der Waals surface area contributed by atoms with Crippen LogP contribution in [-0.2, 0) is 0 Å². The van der Waals surface area contributed by atoms with Gasteiger partial charge in [0.1, 0.15) is 5.82 Å². The lowest BCUT2D eigenvalue weighted by Crippen LogP contribution is -2.29. The fraction of sp³-hybridized carbons (Fsp3) is 0.231. The van der Waals surface area contributed by atoms with Crippen molar-refractivity contribution in [2.75, 3.05) is 17.5 Å². The molecule has 2 aliphatic heterocycles. The molecule has 5 heterocycles. The maximum Gasteiger partial charge on any atom is 0.132 e. The van der Waals surface area contributed by atoms with Crippen molar-refractivity contribution in [3.63, 3.8) is 0 Å². The minimum absolute atomic E-state index is 0.186. The molecule has 0 bridgehead atoms. The van der Waals surface area contributed by atoms with Gasteiger partial charge in [-0.15, -0.1) is 20.7 Å². The Morgan fingerprint density at radius 1 is 0.909 bits per heavy atom. The zero-order valence-electron chi connectivity index (χ0n) is 18.0. The summed E-state index contributed by atoms with van der Waals surface area (Å²) in [6.07, 6.45) is 11.7. The molecule has 0 atom stereocenters. The van der Waals surface area contributed by atoms with Crippen LogP contribution in [0.4, 0.5) is 4.39 Å². The molecule has 7 heteroatoms. The van der Waals surface area contributed by atoms with E-state index >= 15 is 0 Å². The Kier molecular flexibility index (Phi) is 5.59. The fourth-order valence-electron chi connectivity index (χ4n) is 4.35. The van der Waals surface area contributed by atoms with Crippen LogP contribution in [0.1, 0.15) is 24.4 Å². The molecule has 0 unspecified atom stereocenters. The number of alkyl halides is 1. The largest absolute Gasteiger partial charge is 0.317 e. The lowest BCUT2D eigenvalue weighted by atomic mass is 10.0. The summed E-state index contributed by atoms with van der Waals surface area (Å²) in [5.41, 5.74) is 6.40. The summed E-state index contributed by atoms with van der Waals surface area (Å²) in [7, 11) is 0. The van der Waals surface area contributed by atoms with Crippen LogP contribution in [0, 0.1) is 5.82 Å². The quantitative estimate of drug-likeness (QED) is 0.272. The molecular formula is C26H23FIN5. The van der Waals surface area contributed by atoms with Gasteiger partial charge in [0.15, 0.2) is 0 Å². The van der Waals surface area contributed by atoms with E-state index < -0.39 is 0 Å². The molecule has 2 aliphatic rings. The molecule has 1 aromatic carbocycles. The zero-order valence-corrected chi connectivity index (χ0v) is 20.2. The number of rotatable bonds is 5. The van der Waals surface area contributed by atoms with Crippen LogP contribution >= 0.6 is 20.7 Å². The predicted octanol–water partition coefficient (Wildman–Crippen LogP) is 5.24. The smallest absolute Gasteiger partial charge is 0.132 e. The highest BCUT2D eigenvalue weighted by atomic mass is 127. The first-order valence-corrected chi connectivity index (χ1v) is 13.8. The Balaban J connectivity index is 1.31. The van der Waals surface area contributed by atoms with Gasteiger partial charge in [-0.3, -0.25) is 14.6 Å². The normalized spacial score (nSPS) is 16.2. The number of hydrogen-bond acceptors (Lipinski definition) is 4. The summed E-state index contributed by atoms with van der Waals surface area (Å²) in [5.74, 6) is -0.236. The fourth-order valence-corrected chi connectivity index (χ4v) is 5.76. The molecular weight excluding hydrogens is 528 g/mol. The molecule has 33 heavy (non-hydrogen) atoms. The molecule has 1 saturated heterocycles. The summed E-state index contributed by atoms with van der Waals surface area (Å²) in [5, 5.41) is 8.02. The van der Waals surface area contributed by atoms with E-state index in [1.54, 1.807) is 12.3 Å². The summed E-state index contributed by atoms with van der Waals surface area (Å²) in [6.45, 7) is 2.07. The van der Waals surface area contributed by atoms with Crippen molar-refractivity contribution < 1.29 is 4.39 Å². The first-order valence-electron chi connectivity index (χ1n) is 11.2. The van der Waals surface area contributed by atoms with E-state index in [4.69, 9.17) is 0 Å². The Morgan fingerprint density at radius 2 is 1.73 bits per heavy atom. The number of hydrogen-bond donors (Lipinski definition) is 1. The molecule has 3 aromatic heterocycles. The maximum atomic E-state index is 14.6. The molecule has 0 saturated carbocycles. The second-order valence-corrected chi connectivity index (χ2v) is 11.3. The van der Waals surface area contributed by atoms with Crippen LogP contribution in [0.5, 0.6) is 0 Å². The highest BCUT2D eigenvalue weighted by molar-refractivity contribution is 14.2. The summed E-state index contributed by atoms with van der Waals surface area (Å²) in [4.78, 5) is 8.96. The number of halogens is 2. The van der Waals surface area contributed by atoms with Gasteiger partial charge >= 0.3 is 0 Å². The van der Waals surface area contributed by atoms with Gasteiger partial charge in [0.25, 0.3) is 0 Å². The molecule has 0 spiro atoms. The van der Waals surface area contributed by atoms with Gasteiger partial charge in [-0.2, -0.15) is 5.10 Å². The Labute approximate surface area is 201 Å². The summed E-state index contributed by atoms with van der Waals surface area (Å²) >= 11 is 0.186. The second-order valence-electron chi connectivity index (χ2n) is 8.45. The molecule has 1 N–H and O–H groups in total. The summed E-state index contributed by atoms with van der Waals surface area (Å²) in [6, 6.07) is 11.9. The van der Waals surface area contributed by atoms with Crippen molar-refractivity contribution in [1.82, 2.24) is 25.1 Å². The maximum absolute atomic E-state index is 14.6. The van der Waals surface area contributed by atoms with Crippen molar-refractivity contribution in [1.29, 1.82) is 0 Å². The van der Waals surface area contributed by atoms with Crippen LogP contribution in [0.2, 0.25) is 0 Å². The second kappa shape index (κ2) is 8.87. The average molecular weight is 551 g/mol. The monoisotopic (exact) mass is 551 g/mol. The predicted molar refractivity (Wildman–Crippen MR) is 138 cm³/mol. The third-order valence-electron chi connectivity index (χ3n) is 6.27. The average Bonchev–Trinajstić information content (AvgIpc) is 3.61. The zero-order chi connectivity index (χ0) is 22.2. The number of nitrogens with one attached hydrogen (secondary N) is 1. The van der Waals surface area contributed by atoms with Gasteiger partial charge in [0.2, 0.25) is 0 Å². The van der Waals surface area contributed by atoms with E-state index in [9.17, 15) is 4.39 Å². The summed E-state index contributed by atoms with van der Waals surface area (Å²) < 4.78 is 19.4. The molecule has 166 valence electrons. The lowest BCUT2D eigenvalue weighted by Gasteiger charge is -2.22. The number of aromatic nitrogens is 4. The van der Waals surface area contributed by atoms with E-state index in [1.807, 2.05) is 42.9 Å². The van der Waals surface area contributed by atoms with E-state index in [-0.39, 0.29) is 26.5 Å². The minimum Gasteiger partial charge on any atom is -0.317 e. The highest BCUT2D eigenvalue weighted by Gasteiger charge is 2.17. The Bertz CT molecular complexity index is 1360. The van der Waals surface area contributed by atoms with Gasteiger partial charge in [-0.25, -0.2) is 4.39 Å². The van der Waals surface area contributed by atoms with E-state index in [2.05, 4.69) is 37.3 Å². The third-order valence-corrected chi connectivity index (χ3v) is 8.42. The van der Waals surface area contributed by atoms with Gasteiger partial charge in [-0.1, -0.05) is 6.07 Å². The SMILES string of the molecule is Fc1ccc(C2=IC2)cc1-c1cc(-c2cncc(-c3cnn(C4CCNCC4)c3)c2)ccn1. The molecule has 0 aliphatic carbocycles. The molecule has 6 rings (SSSR count). The number of benzene rings is 1. The number of pyridine rings is 2. The van der Waals surface area contributed by atoms with Gasteiger partial charge in [-0.05, 0) is 70.9 Å². The molecule has 4 aromatic rings. The highest BCUT2D eigenvalue weighted by Crippen LogP contribution is 2.32. The van der Waals surface area contributed by atoms with E-state index in [0.717, 1.165) is 48.2 Å². The van der Waals surface area contributed by atoms with E-state index in [1.165, 1.54) is 13.5 Å². The third kappa shape index (κ3) is 4.39. The van der Waals surface area contributed by atoms with Crippen LogP contribution in [0.15, 0.2) is 67.4 Å². The molecule has 0 amide bonds. The van der Waals surface area contributed by atoms with Crippen molar-refractivity contribution >= 4 is 24.2 Å².